The van der Waals surface area contributed by atoms with Crippen LogP contribution >= 0.6 is 0 Å². The van der Waals surface area contributed by atoms with E-state index in [1.807, 2.05) is 6.92 Å². The molecular formula is C31H34F2N4O6. The highest BCUT2D eigenvalue weighted by molar-refractivity contribution is 6.15. The number of urea groups is 1. The summed E-state index contributed by atoms with van der Waals surface area (Å²) in [6.07, 6.45) is -0.953. The molecule has 3 aromatic rings. The molecule has 1 unspecified atom stereocenters. The lowest BCUT2D eigenvalue weighted by Crippen LogP contribution is -2.67. The Kier molecular flexibility index (Phi) is 9.62. The van der Waals surface area contributed by atoms with E-state index in [9.17, 15) is 14.4 Å². The van der Waals surface area contributed by atoms with Crippen molar-refractivity contribution in [3.8, 4) is 5.75 Å². The number of para-hydroxylation sites is 1. The number of alkyl halides is 2. The normalized spacial score (nSPS) is 16.2. The van der Waals surface area contributed by atoms with E-state index >= 15 is 8.78 Å². The molecule has 3 N–H and O–H groups in total. The number of hydrogen-bond acceptors (Lipinski definition) is 6. The molecule has 0 saturated carbocycles. The van der Waals surface area contributed by atoms with Gasteiger partial charge in [0.1, 0.15) is 5.75 Å². The third kappa shape index (κ3) is 6.30. The van der Waals surface area contributed by atoms with Crippen molar-refractivity contribution in [3.05, 3.63) is 83.9 Å². The van der Waals surface area contributed by atoms with Gasteiger partial charge in [0, 0.05) is 30.2 Å². The predicted molar refractivity (Wildman–Crippen MR) is 157 cm³/mol. The van der Waals surface area contributed by atoms with Crippen molar-refractivity contribution in [1.82, 2.24) is 5.32 Å². The number of halogens is 2. The number of hydrogen-bond donors (Lipinski definition) is 3. The Labute approximate surface area is 248 Å². The highest BCUT2D eigenvalue weighted by atomic mass is 19.3. The number of methoxy groups -OCH3 is 1. The predicted octanol–water partition coefficient (Wildman–Crippen LogP) is 5.04. The Bertz CT molecular complexity index is 1450. The fourth-order valence-corrected chi connectivity index (χ4v) is 4.84. The smallest absolute Gasteiger partial charge is 0.360 e. The van der Waals surface area contributed by atoms with E-state index in [1.165, 1.54) is 49.6 Å². The van der Waals surface area contributed by atoms with Gasteiger partial charge in [-0.05, 0) is 63.2 Å². The van der Waals surface area contributed by atoms with Crippen molar-refractivity contribution < 1.29 is 37.4 Å². The SMILES string of the molecule is CCOC(CN1C(=O)C(NC(=O)Nc2ccc(C)cc2)(C(F)(F)C(=O)Nc2ccc(OC)cc2)c2ccccc21)OCC. The first-order valence-electron chi connectivity index (χ1n) is 13.7. The molecule has 43 heavy (non-hydrogen) atoms. The number of anilines is 3. The lowest BCUT2D eigenvalue weighted by atomic mass is 9.83. The second-order valence-electron chi connectivity index (χ2n) is 9.73. The van der Waals surface area contributed by atoms with E-state index in [2.05, 4.69) is 16.0 Å². The summed E-state index contributed by atoms with van der Waals surface area (Å²) in [6, 6.07) is 17.0. The zero-order valence-corrected chi connectivity index (χ0v) is 24.3. The fraction of sp³-hybridized carbons (Fsp3) is 0.323. The zero-order chi connectivity index (χ0) is 31.2. The first-order valence-corrected chi connectivity index (χ1v) is 13.7. The average molecular weight is 597 g/mol. The maximum absolute atomic E-state index is 16.7. The van der Waals surface area contributed by atoms with Crippen LogP contribution in [0.25, 0.3) is 0 Å². The molecule has 1 aliphatic heterocycles. The molecule has 1 atom stereocenters. The number of nitrogens with one attached hydrogen (secondary N) is 3. The van der Waals surface area contributed by atoms with Gasteiger partial charge in [-0.1, -0.05) is 35.9 Å². The number of nitrogens with zero attached hydrogens (tertiary/aromatic N) is 1. The largest absolute Gasteiger partial charge is 0.497 e. The summed E-state index contributed by atoms with van der Waals surface area (Å²) < 4.78 is 49.7. The van der Waals surface area contributed by atoms with Gasteiger partial charge in [-0.15, -0.1) is 0 Å². The van der Waals surface area contributed by atoms with Crippen molar-refractivity contribution in [3.63, 3.8) is 0 Å². The Balaban J connectivity index is 1.78. The lowest BCUT2D eigenvalue weighted by molar-refractivity contribution is -0.162. The first kappa shape index (κ1) is 31.4. The number of amides is 4. The number of benzene rings is 3. The third-order valence-electron chi connectivity index (χ3n) is 6.92. The van der Waals surface area contributed by atoms with Crippen LogP contribution < -0.4 is 25.6 Å². The summed E-state index contributed by atoms with van der Waals surface area (Å²) in [5, 5.41) is 6.87. The van der Waals surface area contributed by atoms with Gasteiger partial charge in [0.2, 0.25) is 5.54 Å². The minimum atomic E-state index is -4.49. The van der Waals surface area contributed by atoms with Crippen LogP contribution in [0.3, 0.4) is 0 Å². The van der Waals surface area contributed by atoms with Crippen LogP contribution in [0.1, 0.15) is 25.0 Å². The molecule has 0 aliphatic carbocycles. The molecule has 0 fully saturated rings. The Morgan fingerprint density at radius 1 is 0.907 bits per heavy atom. The third-order valence-corrected chi connectivity index (χ3v) is 6.92. The second kappa shape index (κ2) is 13.2. The van der Waals surface area contributed by atoms with Crippen LogP contribution in [0.15, 0.2) is 72.8 Å². The fourth-order valence-electron chi connectivity index (χ4n) is 4.84. The van der Waals surface area contributed by atoms with E-state index in [4.69, 9.17) is 14.2 Å². The topological polar surface area (TPSA) is 118 Å². The average Bonchev–Trinajstić information content (AvgIpc) is 3.22. The monoisotopic (exact) mass is 596 g/mol. The molecule has 0 saturated heterocycles. The van der Waals surface area contributed by atoms with Crippen LogP contribution in [-0.4, -0.2) is 56.9 Å². The summed E-state index contributed by atoms with van der Waals surface area (Å²) in [4.78, 5) is 42.0. The molecule has 0 spiro atoms. The number of ether oxygens (including phenoxy) is 3. The maximum atomic E-state index is 16.7. The van der Waals surface area contributed by atoms with E-state index in [0.29, 0.717) is 11.4 Å². The Hall–Kier alpha value is -4.55. The molecule has 12 heteroatoms. The molecular weight excluding hydrogens is 562 g/mol. The maximum Gasteiger partial charge on any atom is 0.360 e. The summed E-state index contributed by atoms with van der Waals surface area (Å²) in [5.41, 5.74) is -2.07. The molecule has 0 radical (unpaired) electrons. The van der Waals surface area contributed by atoms with Crippen molar-refractivity contribution in [2.45, 2.75) is 38.5 Å². The molecule has 10 nitrogen and oxygen atoms in total. The van der Waals surface area contributed by atoms with Gasteiger partial charge in [-0.2, -0.15) is 8.78 Å². The van der Waals surface area contributed by atoms with Gasteiger partial charge in [-0.25, -0.2) is 4.79 Å². The van der Waals surface area contributed by atoms with Crippen molar-refractivity contribution in [2.75, 3.05) is 42.4 Å². The molecule has 4 rings (SSSR count). The Morgan fingerprint density at radius 3 is 2.09 bits per heavy atom. The van der Waals surface area contributed by atoms with E-state index in [1.54, 1.807) is 44.2 Å². The van der Waals surface area contributed by atoms with E-state index in [0.717, 1.165) is 10.5 Å². The molecule has 0 bridgehead atoms. The summed E-state index contributed by atoms with van der Waals surface area (Å²) in [5.74, 6) is -7.08. The number of rotatable bonds is 12. The van der Waals surface area contributed by atoms with Crippen LogP contribution in [0.5, 0.6) is 5.75 Å². The molecule has 4 amide bonds. The molecule has 1 aliphatic rings. The molecule has 3 aromatic carbocycles. The number of carbonyl (C=O) groups excluding carboxylic acids is 3. The van der Waals surface area contributed by atoms with Crippen LogP contribution in [0.4, 0.5) is 30.6 Å². The van der Waals surface area contributed by atoms with Gasteiger partial charge >= 0.3 is 12.0 Å². The Morgan fingerprint density at radius 2 is 1.49 bits per heavy atom. The minimum Gasteiger partial charge on any atom is -0.497 e. The van der Waals surface area contributed by atoms with E-state index in [-0.39, 0.29) is 36.7 Å². The highest BCUT2D eigenvalue weighted by Crippen LogP contribution is 2.49. The van der Waals surface area contributed by atoms with Gasteiger partial charge in [0.25, 0.3) is 11.8 Å². The highest BCUT2D eigenvalue weighted by Gasteiger charge is 2.70. The first-order chi connectivity index (χ1) is 20.6. The number of aryl methyl sites for hydroxylation is 1. The van der Waals surface area contributed by atoms with Crippen LogP contribution in [0.2, 0.25) is 0 Å². The standard InChI is InChI=1S/C31H34F2N4O6/c1-5-42-26(43-6-2)19-37-25-10-8-7-9-24(25)30(28(37)39,36-29(40)35-22-13-11-20(3)12-14-22)31(32,33)27(38)34-21-15-17-23(41-4)18-16-21/h7-18,26H,5-6,19H2,1-4H3,(H,34,38)(H2,35,36,40). The number of fused-ring (bicyclic) bond motifs is 1. The van der Waals surface area contributed by atoms with Gasteiger partial charge < -0.3 is 35.1 Å². The molecule has 228 valence electrons. The van der Waals surface area contributed by atoms with Crippen molar-refractivity contribution in [1.29, 1.82) is 0 Å². The zero-order valence-electron chi connectivity index (χ0n) is 24.3. The quantitative estimate of drug-likeness (QED) is 0.252. The van der Waals surface area contributed by atoms with E-state index < -0.39 is 35.6 Å². The van der Waals surface area contributed by atoms with Gasteiger partial charge in [0.05, 0.1) is 19.3 Å². The van der Waals surface area contributed by atoms with Crippen molar-refractivity contribution in [2.24, 2.45) is 0 Å². The molecule has 0 aromatic heterocycles. The lowest BCUT2D eigenvalue weighted by Gasteiger charge is -2.36. The minimum absolute atomic E-state index is 0.0353. The van der Waals surface area contributed by atoms with Gasteiger partial charge in [0.15, 0.2) is 6.29 Å². The number of carbonyl (C=O) groups is 3. The summed E-state index contributed by atoms with van der Waals surface area (Å²) in [7, 11) is 1.44. The summed E-state index contributed by atoms with van der Waals surface area (Å²) in [6.45, 7) is 5.50. The molecule has 1 heterocycles. The van der Waals surface area contributed by atoms with Gasteiger partial charge in [-0.3, -0.25) is 9.59 Å². The summed E-state index contributed by atoms with van der Waals surface area (Å²) >= 11 is 0. The van der Waals surface area contributed by atoms with Crippen LogP contribution in [0, 0.1) is 6.92 Å². The van der Waals surface area contributed by atoms with Crippen LogP contribution in [-0.2, 0) is 24.6 Å². The second-order valence-corrected chi connectivity index (χ2v) is 9.73. The van der Waals surface area contributed by atoms with Crippen molar-refractivity contribution >= 4 is 34.9 Å².